The second-order valence-electron chi connectivity index (χ2n) is 7.66. The maximum absolute atomic E-state index is 13.1. The molecule has 2 aromatic carbocycles. The van der Waals surface area contributed by atoms with Crippen LogP contribution in [0, 0.1) is 0 Å². The van der Waals surface area contributed by atoms with Crippen LogP contribution in [0.25, 0.3) is 0 Å². The molecule has 1 aromatic heterocycles. The lowest BCUT2D eigenvalue weighted by molar-refractivity contribution is 0.0785. The van der Waals surface area contributed by atoms with Crippen LogP contribution in [0.15, 0.2) is 73.1 Å². The molecule has 0 spiro atoms. The molecule has 1 amide bonds. The molecule has 154 valence electrons. The molecule has 1 aliphatic rings. The minimum atomic E-state index is -0.0157. The molecule has 2 heterocycles. The van der Waals surface area contributed by atoms with E-state index in [0.717, 1.165) is 18.7 Å². The number of pyridine rings is 1. The van der Waals surface area contributed by atoms with Crippen LogP contribution in [0.1, 0.15) is 34.3 Å². The zero-order valence-electron chi connectivity index (χ0n) is 17.3. The summed E-state index contributed by atoms with van der Waals surface area (Å²) in [7, 11) is 1.85. The molecule has 1 fully saturated rings. The fraction of sp³-hybridized carbons (Fsp3) is 0.280. The molecular formula is C25H27N3O2. The molecule has 0 atom stereocenters. The van der Waals surface area contributed by atoms with Crippen LogP contribution in [-0.2, 0) is 13.2 Å². The third kappa shape index (κ3) is 4.79. The second kappa shape index (κ2) is 9.44. The van der Waals surface area contributed by atoms with Gasteiger partial charge in [-0.3, -0.25) is 9.78 Å². The average Bonchev–Trinajstić information content (AvgIpc) is 3.33. The Labute approximate surface area is 177 Å². The Morgan fingerprint density at radius 3 is 2.70 bits per heavy atom. The molecule has 0 N–H and O–H groups in total. The first-order chi connectivity index (χ1) is 14.7. The third-order valence-electron chi connectivity index (χ3n) is 5.40. The summed E-state index contributed by atoms with van der Waals surface area (Å²) in [6, 6.07) is 19.6. The molecule has 1 aliphatic heterocycles. The minimum Gasteiger partial charge on any atom is -0.489 e. The molecule has 5 heteroatoms. The number of carbonyl (C=O) groups is 1. The Balaban J connectivity index is 1.43. The minimum absolute atomic E-state index is 0.0157. The number of benzene rings is 2. The quantitative estimate of drug-likeness (QED) is 0.583. The summed E-state index contributed by atoms with van der Waals surface area (Å²) in [6.07, 6.45) is 5.98. The number of nitrogens with zero attached hydrogens (tertiary/aromatic N) is 3. The van der Waals surface area contributed by atoms with Gasteiger partial charge in [-0.25, -0.2) is 0 Å². The topological polar surface area (TPSA) is 45.7 Å². The number of aromatic nitrogens is 1. The fourth-order valence-corrected chi connectivity index (χ4v) is 3.83. The van der Waals surface area contributed by atoms with Crippen LogP contribution in [-0.4, -0.2) is 35.9 Å². The number of amides is 1. The van der Waals surface area contributed by atoms with Gasteiger partial charge in [0.2, 0.25) is 0 Å². The van der Waals surface area contributed by atoms with Gasteiger partial charge in [0.05, 0.1) is 0 Å². The summed E-state index contributed by atoms with van der Waals surface area (Å²) in [4.78, 5) is 21.3. The molecule has 1 saturated heterocycles. The maximum atomic E-state index is 13.1. The summed E-state index contributed by atoms with van der Waals surface area (Å²) < 4.78 is 5.85. The first kappa shape index (κ1) is 20.0. The van der Waals surface area contributed by atoms with Crippen LogP contribution in [0.4, 0.5) is 5.69 Å². The smallest absolute Gasteiger partial charge is 0.254 e. The lowest BCUT2D eigenvalue weighted by Gasteiger charge is -2.24. The lowest BCUT2D eigenvalue weighted by atomic mass is 10.1. The highest BCUT2D eigenvalue weighted by molar-refractivity contribution is 5.94. The number of carbonyl (C=O) groups excluding carboxylic acids is 1. The molecule has 0 radical (unpaired) electrons. The standard InChI is InChI=1S/C25H27N3O2/c1-27(18-22-9-2-3-12-24(22)28-14-4-5-15-28)25(29)21-10-6-11-23(16-21)30-19-20-8-7-13-26-17-20/h2-3,6-13,16-17H,4-5,14-15,18-19H2,1H3. The van der Waals surface area contributed by atoms with E-state index in [4.69, 9.17) is 4.74 Å². The van der Waals surface area contributed by atoms with Gasteiger partial charge < -0.3 is 14.5 Å². The van der Waals surface area contributed by atoms with E-state index in [1.54, 1.807) is 17.3 Å². The van der Waals surface area contributed by atoms with Gasteiger partial charge in [-0.1, -0.05) is 30.3 Å². The van der Waals surface area contributed by atoms with E-state index in [1.165, 1.54) is 24.1 Å². The molecule has 5 nitrogen and oxygen atoms in total. The Bertz CT molecular complexity index is 984. The molecule has 4 rings (SSSR count). The first-order valence-electron chi connectivity index (χ1n) is 10.4. The van der Waals surface area contributed by atoms with E-state index in [1.807, 2.05) is 49.5 Å². The van der Waals surface area contributed by atoms with Crippen LogP contribution in [0.2, 0.25) is 0 Å². The number of hydrogen-bond donors (Lipinski definition) is 0. The van der Waals surface area contributed by atoms with E-state index in [2.05, 4.69) is 28.1 Å². The molecule has 0 bridgehead atoms. The lowest BCUT2D eigenvalue weighted by Crippen LogP contribution is -2.28. The van der Waals surface area contributed by atoms with Crippen LogP contribution in [0.5, 0.6) is 5.75 Å². The Morgan fingerprint density at radius 2 is 1.90 bits per heavy atom. The van der Waals surface area contributed by atoms with Crippen molar-refractivity contribution < 1.29 is 9.53 Å². The van der Waals surface area contributed by atoms with Gasteiger partial charge in [-0.2, -0.15) is 0 Å². The summed E-state index contributed by atoms with van der Waals surface area (Å²) in [5, 5.41) is 0. The number of hydrogen-bond acceptors (Lipinski definition) is 4. The number of para-hydroxylation sites is 1. The molecule has 0 saturated carbocycles. The van der Waals surface area contributed by atoms with Crippen molar-refractivity contribution in [3.63, 3.8) is 0 Å². The largest absolute Gasteiger partial charge is 0.489 e. The van der Waals surface area contributed by atoms with Gasteiger partial charge in [0.25, 0.3) is 5.91 Å². The summed E-state index contributed by atoms with van der Waals surface area (Å²) in [5.41, 5.74) is 4.03. The van der Waals surface area contributed by atoms with Crippen molar-refractivity contribution in [3.05, 3.63) is 89.7 Å². The first-order valence-corrected chi connectivity index (χ1v) is 10.4. The van der Waals surface area contributed by atoms with E-state index < -0.39 is 0 Å². The molecular weight excluding hydrogens is 374 g/mol. The SMILES string of the molecule is CN(Cc1ccccc1N1CCCC1)C(=O)c1cccc(OCc2cccnc2)c1. The molecule has 0 unspecified atom stereocenters. The van der Waals surface area contributed by atoms with Crippen molar-refractivity contribution in [1.82, 2.24) is 9.88 Å². The van der Waals surface area contributed by atoms with Crippen molar-refractivity contribution in [1.29, 1.82) is 0 Å². The van der Waals surface area contributed by atoms with E-state index in [9.17, 15) is 4.79 Å². The summed E-state index contributed by atoms with van der Waals surface area (Å²) >= 11 is 0. The Kier molecular flexibility index (Phi) is 6.28. The van der Waals surface area contributed by atoms with Gasteiger partial charge in [-0.15, -0.1) is 0 Å². The van der Waals surface area contributed by atoms with E-state index in [-0.39, 0.29) is 5.91 Å². The highest BCUT2D eigenvalue weighted by atomic mass is 16.5. The van der Waals surface area contributed by atoms with E-state index in [0.29, 0.717) is 24.5 Å². The van der Waals surface area contributed by atoms with Crippen molar-refractivity contribution >= 4 is 11.6 Å². The fourth-order valence-electron chi connectivity index (χ4n) is 3.83. The van der Waals surface area contributed by atoms with Crippen molar-refractivity contribution in [3.8, 4) is 5.75 Å². The maximum Gasteiger partial charge on any atom is 0.254 e. The van der Waals surface area contributed by atoms with Crippen LogP contribution >= 0.6 is 0 Å². The third-order valence-corrected chi connectivity index (χ3v) is 5.40. The molecule has 3 aromatic rings. The number of rotatable bonds is 7. The van der Waals surface area contributed by atoms with Crippen LogP contribution < -0.4 is 9.64 Å². The van der Waals surface area contributed by atoms with Crippen molar-refractivity contribution in [2.75, 3.05) is 25.0 Å². The second-order valence-corrected chi connectivity index (χ2v) is 7.66. The number of anilines is 1. The predicted octanol–water partition coefficient (Wildman–Crippen LogP) is 4.53. The van der Waals surface area contributed by atoms with Crippen LogP contribution in [0.3, 0.4) is 0 Å². The van der Waals surface area contributed by atoms with Gasteiger partial charge in [0.15, 0.2) is 0 Å². The number of ether oxygens (including phenoxy) is 1. The monoisotopic (exact) mass is 401 g/mol. The normalized spacial score (nSPS) is 13.3. The highest BCUT2D eigenvalue weighted by Crippen LogP contribution is 2.26. The van der Waals surface area contributed by atoms with Gasteiger partial charge >= 0.3 is 0 Å². The Morgan fingerprint density at radius 1 is 1.07 bits per heavy atom. The van der Waals surface area contributed by atoms with Crippen molar-refractivity contribution in [2.24, 2.45) is 0 Å². The molecule has 30 heavy (non-hydrogen) atoms. The summed E-state index contributed by atoms with van der Waals surface area (Å²) in [6.45, 7) is 3.17. The van der Waals surface area contributed by atoms with Crippen molar-refractivity contribution in [2.45, 2.75) is 26.0 Å². The summed E-state index contributed by atoms with van der Waals surface area (Å²) in [5.74, 6) is 0.661. The predicted molar refractivity (Wildman–Crippen MR) is 119 cm³/mol. The van der Waals surface area contributed by atoms with Gasteiger partial charge in [-0.05, 0) is 48.7 Å². The zero-order chi connectivity index (χ0) is 20.8. The zero-order valence-corrected chi connectivity index (χ0v) is 17.3. The van der Waals surface area contributed by atoms with E-state index >= 15 is 0 Å². The highest BCUT2D eigenvalue weighted by Gasteiger charge is 2.18. The van der Waals surface area contributed by atoms with Gasteiger partial charge in [0, 0.05) is 55.9 Å². The molecule has 0 aliphatic carbocycles. The Hall–Kier alpha value is -3.34. The average molecular weight is 402 g/mol. The van der Waals surface area contributed by atoms with Gasteiger partial charge in [0.1, 0.15) is 12.4 Å².